The van der Waals surface area contributed by atoms with Gasteiger partial charge in [-0.1, -0.05) is 29.3 Å². The standard InChI is InChI=1S/C18H10Cl2N4O3S2/c19-13-5-3-11(8-14(13)20)22-18-23(15(10-29-18)16-2-1-7-28-16)21-9-12-4-6-17(27-12)24(25)26/h1-10H. The van der Waals surface area contributed by atoms with Gasteiger partial charge in [0.15, 0.2) is 5.76 Å². The summed E-state index contributed by atoms with van der Waals surface area (Å²) < 4.78 is 6.79. The second-order valence-corrected chi connectivity index (χ2v) is 8.18. The lowest BCUT2D eigenvalue weighted by Crippen LogP contribution is -2.11. The highest BCUT2D eigenvalue weighted by Crippen LogP contribution is 2.28. The highest BCUT2D eigenvalue weighted by molar-refractivity contribution is 7.14. The fraction of sp³-hybridized carbons (Fsp3) is 0. The fourth-order valence-electron chi connectivity index (χ4n) is 2.37. The summed E-state index contributed by atoms with van der Waals surface area (Å²) in [5.74, 6) is -0.0889. The molecule has 3 aromatic heterocycles. The summed E-state index contributed by atoms with van der Waals surface area (Å²) >= 11 is 15.0. The second kappa shape index (κ2) is 8.34. The quantitative estimate of drug-likeness (QED) is 0.200. The SMILES string of the molecule is O=[N+]([O-])c1ccc(C=Nn2c(-c3cccs3)csc2=Nc2ccc(Cl)c(Cl)c2)o1. The first-order chi connectivity index (χ1) is 14.0. The number of benzene rings is 1. The van der Waals surface area contributed by atoms with Crippen LogP contribution in [0.4, 0.5) is 11.6 Å². The zero-order valence-corrected chi connectivity index (χ0v) is 17.5. The molecular formula is C18H10Cl2N4O3S2. The molecule has 0 spiro atoms. The zero-order chi connectivity index (χ0) is 20.4. The highest BCUT2D eigenvalue weighted by atomic mass is 35.5. The van der Waals surface area contributed by atoms with Gasteiger partial charge in [-0.25, -0.2) is 9.67 Å². The molecule has 11 heteroatoms. The molecule has 3 heterocycles. The van der Waals surface area contributed by atoms with E-state index in [1.807, 2.05) is 22.9 Å². The van der Waals surface area contributed by atoms with Crippen LogP contribution >= 0.6 is 45.9 Å². The highest BCUT2D eigenvalue weighted by Gasteiger charge is 2.12. The van der Waals surface area contributed by atoms with Crippen LogP contribution in [-0.2, 0) is 0 Å². The lowest BCUT2D eigenvalue weighted by Gasteiger charge is -2.01. The number of thiophene rings is 1. The van der Waals surface area contributed by atoms with E-state index in [2.05, 4.69) is 10.1 Å². The number of rotatable bonds is 5. The molecule has 0 saturated heterocycles. The van der Waals surface area contributed by atoms with Gasteiger partial charge < -0.3 is 4.42 Å². The van der Waals surface area contributed by atoms with Gasteiger partial charge in [0.25, 0.3) is 0 Å². The fourth-order valence-corrected chi connectivity index (χ4v) is 4.31. The number of hydrogen-bond donors (Lipinski definition) is 0. The van der Waals surface area contributed by atoms with E-state index in [9.17, 15) is 10.1 Å². The predicted molar refractivity (Wildman–Crippen MR) is 116 cm³/mol. The van der Waals surface area contributed by atoms with E-state index in [0.717, 1.165) is 10.6 Å². The normalized spacial score (nSPS) is 12.1. The van der Waals surface area contributed by atoms with Crippen molar-refractivity contribution in [3.8, 4) is 10.6 Å². The molecule has 0 fully saturated rings. The van der Waals surface area contributed by atoms with Crippen molar-refractivity contribution in [1.82, 2.24) is 4.68 Å². The van der Waals surface area contributed by atoms with Crippen LogP contribution < -0.4 is 4.80 Å². The summed E-state index contributed by atoms with van der Waals surface area (Å²) in [6, 6.07) is 11.8. The molecule has 4 rings (SSSR count). The Bertz CT molecular complexity index is 1270. The van der Waals surface area contributed by atoms with Gasteiger partial charge in [0, 0.05) is 5.38 Å². The monoisotopic (exact) mass is 464 g/mol. The number of furan rings is 1. The van der Waals surface area contributed by atoms with Gasteiger partial charge in [-0.15, -0.1) is 22.7 Å². The Kier molecular flexibility index (Phi) is 5.63. The van der Waals surface area contributed by atoms with Gasteiger partial charge in [-0.05, 0) is 35.7 Å². The molecule has 0 bridgehead atoms. The van der Waals surface area contributed by atoms with Crippen LogP contribution in [-0.4, -0.2) is 15.8 Å². The first-order valence-electron chi connectivity index (χ1n) is 8.04. The van der Waals surface area contributed by atoms with Gasteiger partial charge in [-0.3, -0.25) is 10.1 Å². The van der Waals surface area contributed by atoms with Crippen molar-refractivity contribution in [3.63, 3.8) is 0 Å². The number of nitro groups is 1. The number of hydrogen-bond acceptors (Lipinski definition) is 7. The molecule has 0 aliphatic rings. The van der Waals surface area contributed by atoms with E-state index >= 15 is 0 Å². The van der Waals surface area contributed by atoms with Crippen molar-refractivity contribution in [2.45, 2.75) is 0 Å². The molecular weight excluding hydrogens is 455 g/mol. The largest absolute Gasteiger partial charge is 0.433 e. The Hall–Kier alpha value is -2.72. The molecule has 29 heavy (non-hydrogen) atoms. The van der Waals surface area contributed by atoms with E-state index in [-0.39, 0.29) is 11.6 Å². The molecule has 0 saturated carbocycles. The number of halogens is 2. The maximum absolute atomic E-state index is 10.8. The molecule has 1 aromatic carbocycles. The minimum atomic E-state index is -0.600. The Morgan fingerprint density at radius 3 is 2.69 bits per heavy atom. The van der Waals surface area contributed by atoms with Crippen LogP contribution in [0.1, 0.15) is 5.76 Å². The molecule has 4 aromatic rings. The zero-order valence-electron chi connectivity index (χ0n) is 14.4. The summed E-state index contributed by atoms with van der Waals surface area (Å²) in [7, 11) is 0. The summed E-state index contributed by atoms with van der Waals surface area (Å²) in [5.41, 5.74) is 1.46. The van der Waals surface area contributed by atoms with Crippen LogP contribution in [0.25, 0.3) is 10.6 Å². The molecule has 0 N–H and O–H groups in total. The third-order valence-electron chi connectivity index (χ3n) is 3.68. The molecule has 0 amide bonds. The Morgan fingerprint density at radius 1 is 1.14 bits per heavy atom. The maximum atomic E-state index is 10.8. The molecule has 0 atom stereocenters. The third-order valence-corrected chi connectivity index (χ3v) is 6.13. The van der Waals surface area contributed by atoms with E-state index < -0.39 is 4.92 Å². The molecule has 146 valence electrons. The molecule has 0 radical (unpaired) electrons. The third kappa shape index (κ3) is 4.33. The Morgan fingerprint density at radius 2 is 2.00 bits per heavy atom. The molecule has 0 aliphatic carbocycles. The number of aromatic nitrogens is 1. The summed E-state index contributed by atoms with van der Waals surface area (Å²) in [6.45, 7) is 0. The van der Waals surface area contributed by atoms with Crippen molar-refractivity contribution < 1.29 is 9.34 Å². The Labute approximate surface area is 181 Å². The first-order valence-corrected chi connectivity index (χ1v) is 10.6. The second-order valence-electron chi connectivity index (χ2n) is 5.58. The summed E-state index contributed by atoms with van der Waals surface area (Å²) in [6.07, 6.45) is 1.41. The van der Waals surface area contributed by atoms with Crippen molar-refractivity contribution >= 4 is 63.7 Å². The topological polar surface area (TPSA) is 85.9 Å². The minimum absolute atomic E-state index is 0.257. The van der Waals surface area contributed by atoms with E-state index in [1.54, 1.807) is 34.2 Å². The number of thiazole rings is 1. The average Bonchev–Trinajstić information content (AvgIpc) is 3.43. The average molecular weight is 465 g/mol. The van der Waals surface area contributed by atoms with Crippen LogP contribution in [0.3, 0.4) is 0 Å². The number of nitrogens with zero attached hydrogens (tertiary/aromatic N) is 4. The lowest BCUT2D eigenvalue weighted by atomic mass is 10.3. The van der Waals surface area contributed by atoms with Gasteiger partial charge in [-0.2, -0.15) is 5.10 Å². The maximum Gasteiger partial charge on any atom is 0.433 e. The van der Waals surface area contributed by atoms with E-state index in [1.165, 1.54) is 29.7 Å². The summed E-state index contributed by atoms with van der Waals surface area (Å²) in [5, 5.41) is 20.0. The predicted octanol–water partition coefficient (Wildman–Crippen LogP) is 6.20. The van der Waals surface area contributed by atoms with Gasteiger partial charge >= 0.3 is 5.88 Å². The Balaban J connectivity index is 1.80. The smallest absolute Gasteiger partial charge is 0.400 e. The first kappa shape index (κ1) is 19.6. The van der Waals surface area contributed by atoms with Crippen molar-refractivity contribution in [1.29, 1.82) is 0 Å². The van der Waals surface area contributed by atoms with Crippen LogP contribution in [0.2, 0.25) is 10.0 Å². The van der Waals surface area contributed by atoms with Crippen LogP contribution in [0.15, 0.2) is 67.7 Å². The van der Waals surface area contributed by atoms with Gasteiger partial charge in [0.2, 0.25) is 4.80 Å². The van der Waals surface area contributed by atoms with Crippen molar-refractivity contribution in [2.24, 2.45) is 10.1 Å². The molecule has 0 aliphatic heterocycles. The van der Waals surface area contributed by atoms with Crippen molar-refractivity contribution in [3.05, 3.63) is 83.9 Å². The van der Waals surface area contributed by atoms with Gasteiger partial charge in [0.1, 0.15) is 4.92 Å². The van der Waals surface area contributed by atoms with Crippen LogP contribution in [0.5, 0.6) is 0 Å². The van der Waals surface area contributed by atoms with E-state index in [0.29, 0.717) is 20.5 Å². The van der Waals surface area contributed by atoms with Crippen LogP contribution in [0, 0.1) is 10.1 Å². The lowest BCUT2D eigenvalue weighted by molar-refractivity contribution is -0.402. The summed E-state index contributed by atoms with van der Waals surface area (Å²) in [4.78, 5) is 16.4. The van der Waals surface area contributed by atoms with E-state index in [4.69, 9.17) is 27.6 Å². The van der Waals surface area contributed by atoms with Gasteiger partial charge in [0.05, 0.1) is 38.6 Å². The molecule has 7 nitrogen and oxygen atoms in total. The minimum Gasteiger partial charge on any atom is -0.400 e. The molecule has 0 unspecified atom stereocenters. The van der Waals surface area contributed by atoms with Crippen molar-refractivity contribution in [2.75, 3.05) is 0 Å².